The zero-order chi connectivity index (χ0) is 21.9. The van der Waals surface area contributed by atoms with Crippen molar-refractivity contribution >= 4 is 10.2 Å². The SMILES string of the molecule is Cc1ccc2c(c1)Cc1c-2ccc(C)[c]1[Zr](=[SiH2])([C]1=CC=CC1)([CH]1CCCC1)[CH]1CCCC1. The Hall–Kier alpha value is -0.980. The standard InChI is InChI=1S/C15H13.2C5H9.C5H5.H2Si.Zr/c1-10-3-5-14-12(7-10)9-13-8-11(2)4-6-15(13)14;3*1-2-4-5-3-1;;/h3-7H,9H2,1-2H3;2*1H,2-5H2;1-3H,4H2;1H2;. The van der Waals surface area contributed by atoms with Crippen molar-refractivity contribution in [1.29, 1.82) is 0 Å². The van der Waals surface area contributed by atoms with Gasteiger partial charge in [0.05, 0.1) is 0 Å². The minimum absolute atomic E-state index is 0.986. The second-order valence-electron chi connectivity index (χ2n) is 11.5. The normalized spacial score (nSPS) is 21.3. The third-order valence-electron chi connectivity index (χ3n) is 10.1. The second kappa shape index (κ2) is 7.78. The van der Waals surface area contributed by atoms with Crippen LogP contribution in [0.1, 0.15) is 80.0 Å². The fourth-order valence-electron chi connectivity index (χ4n) is 8.83. The van der Waals surface area contributed by atoms with Gasteiger partial charge in [-0.25, -0.2) is 0 Å². The van der Waals surface area contributed by atoms with E-state index in [1.54, 1.807) is 22.3 Å². The summed E-state index contributed by atoms with van der Waals surface area (Å²) in [6.07, 6.45) is 21.8. The molecular weight excluding hydrogens is 480 g/mol. The number of rotatable bonds is 4. The van der Waals surface area contributed by atoms with E-state index in [1.165, 1.54) is 75.3 Å². The Morgan fingerprint density at radius 1 is 0.844 bits per heavy atom. The van der Waals surface area contributed by atoms with E-state index in [0.717, 1.165) is 7.25 Å². The molecule has 2 aromatic carbocycles. The van der Waals surface area contributed by atoms with Gasteiger partial charge in [-0.1, -0.05) is 0 Å². The van der Waals surface area contributed by atoms with Crippen molar-refractivity contribution in [3.63, 3.8) is 0 Å². The van der Waals surface area contributed by atoms with E-state index < -0.39 is 17.4 Å². The number of benzene rings is 2. The number of hydrogen-bond acceptors (Lipinski definition) is 0. The van der Waals surface area contributed by atoms with Crippen molar-refractivity contribution in [3.8, 4) is 11.1 Å². The van der Waals surface area contributed by atoms with E-state index in [1.807, 2.05) is 6.55 Å². The third-order valence-corrected chi connectivity index (χ3v) is 43.0. The van der Waals surface area contributed by atoms with Crippen LogP contribution in [0.25, 0.3) is 11.1 Å². The average molecular weight is 518 g/mol. The fraction of sp³-hybridized carbons (Fsp3) is 0.467. The molecule has 0 nitrogen and oxygen atoms in total. The number of aryl methyl sites for hydroxylation is 2. The predicted octanol–water partition coefficient (Wildman–Crippen LogP) is 7.31. The van der Waals surface area contributed by atoms with Crippen LogP contribution in [0.3, 0.4) is 0 Å². The summed E-state index contributed by atoms with van der Waals surface area (Å²) in [4.78, 5) is 0. The summed E-state index contributed by atoms with van der Waals surface area (Å²) in [5.41, 5.74) is 9.49. The first-order valence-corrected chi connectivity index (χ1v) is 24.4. The second-order valence-corrected chi connectivity index (χ2v) is 35.4. The molecule has 2 aromatic rings. The topological polar surface area (TPSA) is 0 Å². The summed E-state index contributed by atoms with van der Waals surface area (Å²) in [6.45, 7) is 7.41. The summed E-state index contributed by atoms with van der Waals surface area (Å²) in [6, 6.07) is 12.2. The third kappa shape index (κ3) is 2.81. The van der Waals surface area contributed by atoms with Crippen molar-refractivity contribution in [2.75, 3.05) is 0 Å². The first kappa shape index (κ1) is 21.5. The summed E-state index contributed by atoms with van der Waals surface area (Å²) < 4.78 is 5.89. The first-order valence-electron chi connectivity index (χ1n) is 13.1. The van der Waals surface area contributed by atoms with Gasteiger partial charge in [0.2, 0.25) is 0 Å². The monoisotopic (exact) mass is 516 g/mol. The molecule has 0 heterocycles. The summed E-state index contributed by atoms with van der Waals surface area (Å²) >= 11 is -3.59. The van der Waals surface area contributed by atoms with Gasteiger partial charge < -0.3 is 0 Å². The van der Waals surface area contributed by atoms with Gasteiger partial charge in [-0.05, 0) is 0 Å². The zero-order valence-corrected chi connectivity index (χ0v) is 23.9. The van der Waals surface area contributed by atoms with E-state index in [9.17, 15) is 0 Å². The molecule has 2 fully saturated rings. The molecule has 0 spiro atoms. The van der Waals surface area contributed by atoms with Crippen molar-refractivity contribution < 1.29 is 17.4 Å². The van der Waals surface area contributed by atoms with Gasteiger partial charge in [-0.15, -0.1) is 0 Å². The van der Waals surface area contributed by atoms with E-state index in [4.69, 9.17) is 0 Å². The predicted molar refractivity (Wildman–Crippen MR) is 139 cm³/mol. The molecule has 0 radical (unpaired) electrons. The summed E-state index contributed by atoms with van der Waals surface area (Å²) in [5.74, 6) is 0. The Balaban J connectivity index is 1.69. The molecule has 0 aliphatic heterocycles. The van der Waals surface area contributed by atoms with Crippen molar-refractivity contribution in [2.24, 2.45) is 0 Å². The van der Waals surface area contributed by atoms with Crippen LogP contribution in [0.2, 0.25) is 7.25 Å². The van der Waals surface area contributed by atoms with E-state index in [0.29, 0.717) is 0 Å². The van der Waals surface area contributed by atoms with Crippen molar-refractivity contribution in [2.45, 2.75) is 85.3 Å². The van der Waals surface area contributed by atoms with Gasteiger partial charge in [-0.3, -0.25) is 0 Å². The molecule has 0 atom stereocenters. The maximum atomic E-state index is 2.67. The minimum atomic E-state index is -3.59. The van der Waals surface area contributed by atoms with Gasteiger partial charge in [0, 0.05) is 0 Å². The number of allylic oxidation sites excluding steroid dienone is 4. The van der Waals surface area contributed by atoms with Gasteiger partial charge in [0.1, 0.15) is 0 Å². The molecular formula is C30H38SiZr. The first-order chi connectivity index (χ1) is 15.5. The van der Waals surface area contributed by atoms with E-state index in [-0.39, 0.29) is 0 Å². The number of fused-ring (bicyclic) bond motifs is 3. The fourth-order valence-corrected chi connectivity index (χ4v) is 41.1. The summed E-state index contributed by atoms with van der Waals surface area (Å²) in [5, 5.41) is 0. The summed E-state index contributed by atoms with van der Waals surface area (Å²) in [7, 11) is 0. The Bertz CT molecular complexity index is 1200. The molecule has 0 aromatic heterocycles. The van der Waals surface area contributed by atoms with Crippen LogP contribution in [0, 0.1) is 13.8 Å². The number of hydrogen-bond donors (Lipinski definition) is 0. The van der Waals surface area contributed by atoms with Crippen molar-refractivity contribution in [3.05, 3.63) is 74.1 Å². The molecule has 166 valence electrons. The molecule has 6 rings (SSSR count). The van der Waals surface area contributed by atoms with Gasteiger partial charge in [-0.2, -0.15) is 0 Å². The van der Waals surface area contributed by atoms with Crippen LogP contribution in [0.15, 0.2) is 51.8 Å². The van der Waals surface area contributed by atoms with E-state index >= 15 is 0 Å². The Labute approximate surface area is 197 Å². The van der Waals surface area contributed by atoms with Crippen LogP contribution < -0.4 is 3.27 Å². The molecule has 2 saturated carbocycles. The molecule has 0 N–H and O–H groups in total. The molecule has 0 bridgehead atoms. The Kier molecular flexibility index (Phi) is 5.24. The molecule has 0 saturated heterocycles. The van der Waals surface area contributed by atoms with Crippen LogP contribution in [-0.2, 0) is 23.8 Å². The average Bonchev–Trinajstić information content (AvgIpc) is 3.59. The molecule has 4 aliphatic rings. The van der Waals surface area contributed by atoms with Crippen LogP contribution in [0.5, 0.6) is 0 Å². The Morgan fingerprint density at radius 2 is 1.50 bits per heavy atom. The molecule has 0 unspecified atom stereocenters. The van der Waals surface area contributed by atoms with Crippen LogP contribution >= 0.6 is 0 Å². The van der Waals surface area contributed by atoms with Crippen LogP contribution in [-0.4, -0.2) is 6.88 Å². The van der Waals surface area contributed by atoms with Gasteiger partial charge in [0.15, 0.2) is 0 Å². The van der Waals surface area contributed by atoms with E-state index in [2.05, 4.69) is 69.3 Å². The Morgan fingerprint density at radius 3 is 2.12 bits per heavy atom. The molecule has 0 amide bonds. The van der Waals surface area contributed by atoms with Crippen LogP contribution in [0.4, 0.5) is 0 Å². The maximum absolute atomic E-state index is 3.59. The van der Waals surface area contributed by atoms with Gasteiger partial charge >= 0.3 is 198 Å². The molecule has 32 heavy (non-hydrogen) atoms. The van der Waals surface area contributed by atoms with Crippen molar-refractivity contribution in [1.82, 2.24) is 0 Å². The zero-order valence-electron chi connectivity index (χ0n) is 20.1. The quantitative estimate of drug-likeness (QED) is 0.318. The molecule has 4 aliphatic carbocycles. The van der Waals surface area contributed by atoms with Gasteiger partial charge in [0.25, 0.3) is 0 Å². The molecule has 2 heteroatoms.